The highest BCUT2D eigenvalue weighted by atomic mass is 16.5. The molecule has 0 heterocycles. The molecule has 0 saturated heterocycles. The number of ether oxygens (including phenoxy) is 3. The Hall–Kier alpha value is -2.24. The maximum Gasteiger partial charge on any atom is 0.203 e. The summed E-state index contributed by atoms with van der Waals surface area (Å²) in [6.45, 7) is 3.94. The first kappa shape index (κ1) is 21.5. The van der Waals surface area contributed by atoms with Gasteiger partial charge in [0.2, 0.25) is 5.75 Å². The van der Waals surface area contributed by atoms with Gasteiger partial charge in [0.25, 0.3) is 0 Å². The van der Waals surface area contributed by atoms with Gasteiger partial charge >= 0.3 is 0 Å². The molecule has 0 unspecified atom stereocenters. The summed E-state index contributed by atoms with van der Waals surface area (Å²) >= 11 is 0. The molecule has 0 radical (unpaired) electrons. The first-order chi connectivity index (χ1) is 14.1. The summed E-state index contributed by atoms with van der Waals surface area (Å²) in [6, 6.07) is 15.0. The van der Waals surface area contributed by atoms with Gasteiger partial charge in [0.1, 0.15) is 0 Å². The van der Waals surface area contributed by atoms with Gasteiger partial charge in [-0.25, -0.2) is 0 Å². The van der Waals surface area contributed by atoms with Gasteiger partial charge in [-0.15, -0.1) is 0 Å². The van der Waals surface area contributed by atoms with Crippen molar-refractivity contribution < 1.29 is 14.2 Å². The van der Waals surface area contributed by atoms with Crippen LogP contribution >= 0.6 is 0 Å². The van der Waals surface area contributed by atoms with E-state index in [9.17, 15) is 0 Å². The van der Waals surface area contributed by atoms with Gasteiger partial charge < -0.3 is 24.8 Å². The fraction of sp³-hybridized carbons (Fsp3) is 0.500. The molecule has 1 aliphatic carbocycles. The topological polar surface area (TPSA) is 51.8 Å². The van der Waals surface area contributed by atoms with Gasteiger partial charge in [-0.05, 0) is 43.0 Å². The molecule has 3 rings (SSSR count). The van der Waals surface area contributed by atoms with Crippen LogP contribution in [0.15, 0.2) is 42.5 Å². The highest BCUT2D eigenvalue weighted by molar-refractivity contribution is 5.53. The van der Waals surface area contributed by atoms with Crippen molar-refractivity contribution in [2.24, 2.45) is 0 Å². The van der Waals surface area contributed by atoms with Crippen molar-refractivity contribution in [3.05, 3.63) is 53.6 Å². The molecule has 5 heteroatoms. The van der Waals surface area contributed by atoms with Crippen molar-refractivity contribution in [2.75, 3.05) is 27.9 Å². The molecular formula is C24H34N2O3. The lowest BCUT2D eigenvalue weighted by Gasteiger charge is -2.34. The van der Waals surface area contributed by atoms with Gasteiger partial charge in [-0.1, -0.05) is 43.2 Å². The normalized spacial score (nSPS) is 16.4. The molecule has 0 amide bonds. The van der Waals surface area contributed by atoms with Crippen LogP contribution in [0.1, 0.15) is 49.8 Å². The van der Waals surface area contributed by atoms with Crippen molar-refractivity contribution in [3.63, 3.8) is 0 Å². The average Bonchev–Trinajstić information content (AvgIpc) is 3.21. The molecule has 158 valence electrons. The smallest absolute Gasteiger partial charge is 0.203 e. The summed E-state index contributed by atoms with van der Waals surface area (Å²) in [5.41, 5.74) is 2.59. The SMILES string of the molecule is COc1cc(CNCC2(N[C@@H](C)c3ccccc3)CCCC2)cc(OC)c1OC. The number of hydrogen-bond donors (Lipinski definition) is 2. The molecular weight excluding hydrogens is 364 g/mol. The van der Waals surface area contributed by atoms with Crippen LogP contribution in [-0.2, 0) is 6.54 Å². The Labute approximate surface area is 174 Å². The zero-order valence-corrected chi connectivity index (χ0v) is 18.1. The first-order valence-electron chi connectivity index (χ1n) is 10.4. The van der Waals surface area contributed by atoms with E-state index in [1.54, 1.807) is 21.3 Å². The van der Waals surface area contributed by atoms with E-state index < -0.39 is 0 Å². The second kappa shape index (κ2) is 9.99. The molecule has 0 aliphatic heterocycles. The Balaban J connectivity index is 1.65. The fourth-order valence-corrected chi connectivity index (χ4v) is 4.39. The Morgan fingerprint density at radius 2 is 1.55 bits per heavy atom. The summed E-state index contributed by atoms with van der Waals surface area (Å²) in [7, 11) is 4.93. The number of nitrogens with one attached hydrogen (secondary N) is 2. The molecule has 5 nitrogen and oxygen atoms in total. The average molecular weight is 399 g/mol. The monoisotopic (exact) mass is 398 g/mol. The Morgan fingerprint density at radius 1 is 0.931 bits per heavy atom. The van der Waals surface area contributed by atoms with Crippen molar-refractivity contribution in [1.82, 2.24) is 10.6 Å². The summed E-state index contributed by atoms with van der Waals surface area (Å²) in [5.74, 6) is 2.01. The largest absolute Gasteiger partial charge is 0.493 e. The predicted molar refractivity (Wildman–Crippen MR) is 117 cm³/mol. The van der Waals surface area contributed by atoms with Gasteiger partial charge in [-0.3, -0.25) is 0 Å². The third kappa shape index (κ3) is 5.22. The lowest BCUT2D eigenvalue weighted by molar-refractivity contribution is 0.284. The molecule has 1 fully saturated rings. The van der Waals surface area contributed by atoms with Gasteiger partial charge in [0.05, 0.1) is 21.3 Å². The maximum atomic E-state index is 5.48. The van der Waals surface area contributed by atoms with Crippen LogP contribution in [0.5, 0.6) is 17.2 Å². The minimum Gasteiger partial charge on any atom is -0.493 e. The highest BCUT2D eigenvalue weighted by Gasteiger charge is 2.34. The highest BCUT2D eigenvalue weighted by Crippen LogP contribution is 2.38. The lowest BCUT2D eigenvalue weighted by Crippen LogP contribution is -2.51. The summed E-state index contributed by atoms with van der Waals surface area (Å²) < 4.78 is 16.4. The third-order valence-electron chi connectivity index (χ3n) is 5.90. The summed E-state index contributed by atoms with van der Waals surface area (Å²) in [4.78, 5) is 0. The molecule has 1 atom stereocenters. The minimum absolute atomic E-state index is 0.135. The quantitative estimate of drug-likeness (QED) is 0.619. The molecule has 2 N–H and O–H groups in total. The van der Waals surface area contributed by atoms with Crippen LogP contribution in [0.3, 0.4) is 0 Å². The Kier molecular flexibility index (Phi) is 7.40. The second-order valence-corrected chi connectivity index (χ2v) is 7.90. The Bertz CT molecular complexity index is 748. The van der Waals surface area contributed by atoms with E-state index in [-0.39, 0.29) is 5.54 Å². The molecule has 1 aliphatic rings. The number of benzene rings is 2. The molecule has 0 aromatic heterocycles. The van der Waals surface area contributed by atoms with E-state index in [0.717, 1.165) is 18.7 Å². The van der Waals surface area contributed by atoms with Crippen molar-refractivity contribution in [1.29, 1.82) is 0 Å². The molecule has 1 saturated carbocycles. The van der Waals surface area contributed by atoms with Crippen LogP contribution in [0.2, 0.25) is 0 Å². The number of methoxy groups -OCH3 is 3. The van der Waals surface area contributed by atoms with E-state index in [2.05, 4.69) is 47.9 Å². The van der Waals surface area contributed by atoms with E-state index >= 15 is 0 Å². The van der Waals surface area contributed by atoms with E-state index in [1.807, 2.05) is 12.1 Å². The van der Waals surface area contributed by atoms with E-state index in [0.29, 0.717) is 23.3 Å². The predicted octanol–water partition coefficient (Wildman–Crippen LogP) is 4.47. The lowest BCUT2D eigenvalue weighted by atomic mass is 9.94. The summed E-state index contributed by atoms with van der Waals surface area (Å²) in [6.07, 6.45) is 4.96. The van der Waals surface area contributed by atoms with Crippen molar-refractivity contribution in [2.45, 2.75) is 50.7 Å². The van der Waals surface area contributed by atoms with Crippen LogP contribution in [-0.4, -0.2) is 33.4 Å². The van der Waals surface area contributed by atoms with Gasteiger partial charge in [0, 0.05) is 24.7 Å². The molecule has 2 aromatic carbocycles. The van der Waals surface area contributed by atoms with Crippen molar-refractivity contribution >= 4 is 0 Å². The number of rotatable bonds is 10. The summed E-state index contributed by atoms with van der Waals surface area (Å²) in [5, 5.41) is 7.59. The first-order valence-corrected chi connectivity index (χ1v) is 10.4. The molecule has 0 bridgehead atoms. The fourth-order valence-electron chi connectivity index (χ4n) is 4.39. The number of hydrogen-bond acceptors (Lipinski definition) is 5. The second-order valence-electron chi connectivity index (χ2n) is 7.90. The zero-order chi connectivity index (χ0) is 20.7. The van der Waals surface area contributed by atoms with Crippen LogP contribution in [0.25, 0.3) is 0 Å². The molecule has 0 spiro atoms. The molecule has 2 aromatic rings. The van der Waals surface area contributed by atoms with Crippen molar-refractivity contribution in [3.8, 4) is 17.2 Å². The van der Waals surface area contributed by atoms with E-state index in [1.165, 1.54) is 31.2 Å². The van der Waals surface area contributed by atoms with E-state index in [4.69, 9.17) is 14.2 Å². The zero-order valence-electron chi connectivity index (χ0n) is 18.1. The van der Waals surface area contributed by atoms with Crippen LogP contribution < -0.4 is 24.8 Å². The van der Waals surface area contributed by atoms with Crippen LogP contribution in [0.4, 0.5) is 0 Å². The van der Waals surface area contributed by atoms with Gasteiger partial charge in [-0.2, -0.15) is 0 Å². The Morgan fingerprint density at radius 3 is 2.10 bits per heavy atom. The molecule has 29 heavy (non-hydrogen) atoms. The van der Waals surface area contributed by atoms with Gasteiger partial charge in [0.15, 0.2) is 11.5 Å². The standard InChI is InChI=1S/C24H34N2O3/c1-18(20-10-6-5-7-11-20)26-24(12-8-9-13-24)17-25-16-19-14-21(27-2)23(29-4)22(15-19)28-3/h5-7,10-11,14-15,18,25-26H,8-9,12-13,16-17H2,1-4H3/t18-/m0/s1. The van der Waals surface area contributed by atoms with Crippen LogP contribution in [0, 0.1) is 0 Å². The third-order valence-corrected chi connectivity index (χ3v) is 5.90. The maximum absolute atomic E-state index is 5.48. The minimum atomic E-state index is 0.135.